The molecule has 0 amide bonds. The first kappa shape index (κ1) is 21.8. The number of nitrogens with zero attached hydrogens (tertiary/aromatic N) is 8. The third-order valence-corrected chi connectivity index (χ3v) is 6.50. The molecule has 0 saturated heterocycles. The minimum Gasteiger partial charge on any atom is -0.310 e. The molecule has 0 saturated carbocycles. The highest BCUT2D eigenvalue weighted by molar-refractivity contribution is 5.89. The smallest absolute Gasteiger partial charge is 0.174 e. The van der Waals surface area contributed by atoms with Crippen LogP contribution in [0.4, 0.5) is 0 Å². The van der Waals surface area contributed by atoms with Gasteiger partial charge in [0.1, 0.15) is 23.8 Å². The van der Waals surface area contributed by atoms with Gasteiger partial charge in [-0.3, -0.25) is 0 Å². The molecule has 0 unspecified atom stereocenters. The van der Waals surface area contributed by atoms with Crippen LogP contribution >= 0.6 is 0 Å². The van der Waals surface area contributed by atoms with Gasteiger partial charge in [-0.25, -0.2) is 0 Å². The largest absolute Gasteiger partial charge is 0.310 e. The molecule has 8 nitrogen and oxygen atoms in total. The van der Waals surface area contributed by atoms with Crippen molar-refractivity contribution in [2.75, 3.05) is 0 Å². The van der Waals surface area contributed by atoms with Crippen molar-refractivity contribution in [3.63, 3.8) is 0 Å². The number of allylic oxidation sites excluding steroid dienone is 2. The van der Waals surface area contributed by atoms with Crippen molar-refractivity contribution in [2.24, 2.45) is 0 Å². The second kappa shape index (κ2) is 9.84. The molecule has 0 aliphatic carbocycles. The van der Waals surface area contributed by atoms with Gasteiger partial charge in [-0.1, -0.05) is 37.1 Å². The van der Waals surface area contributed by atoms with Crippen molar-refractivity contribution in [3.05, 3.63) is 58.7 Å². The lowest BCUT2D eigenvalue weighted by molar-refractivity contribution is 0.627. The summed E-state index contributed by atoms with van der Waals surface area (Å²) in [5.74, 6) is 3.21. The van der Waals surface area contributed by atoms with Gasteiger partial charge >= 0.3 is 0 Å². The van der Waals surface area contributed by atoms with Crippen LogP contribution in [0, 0.1) is 22.7 Å². The van der Waals surface area contributed by atoms with E-state index in [1.54, 1.807) is 0 Å². The van der Waals surface area contributed by atoms with Crippen molar-refractivity contribution in [1.29, 1.82) is 10.5 Å². The zero-order chi connectivity index (χ0) is 23.3. The molecule has 2 aliphatic rings. The van der Waals surface area contributed by atoms with Crippen LogP contribution in [0.5, 0.6) is 0 Å². The Morgan fingerprint density at radius 1 is 0.647 bits per heavy atom. The Morgan fingerprint density at radius 2 is 1.09 bits per heavy atom. The molecule has 1 aromatic carbocycles. The zero-order valence-corrected chi connectivity index (χ0v) is 19.1. The highest BCUT2D eigenvalue weighted by Crippen LogP contribution is 2.24. The van der Waals surface area contributed by atoms with Crippen LogP contribution in [0.3, 0.4) is 0 Å². The van der Waals surface area contributed by atoms with Crippen molar-refractivity contribution < 1.29 is 0 Å². The van der Waals surface area contributed by atoms with Crippen molar-refractivity contribution in [2.45, 2.75) is 64.5 Å². The SMILES string of the molecule is N#CC(=Cc1ccc(C=C(C#N)c2nnc3n2CCCCC3)cc1)c1nnc2n1CCCCC2. The second-order valence-electron chi connectivity index (χ2n) is 8.81. The summed E-state index contributed by atoms with van der Waals surface area (Å²) in [6, 6.07) is 12.4. The molecule has 4 heterocycles. The quantitative estimate of drug-likeness (QED) is 0.543. The lowest BCUT2D eigenvalue weighted by Gasteiger charge is -2.06. The Labute approximate surface area is 198 Å². The van der Waals surface area contributed by atoms with Gasteiger partial charge in [0.25, 0.3) is 0 Å². The van der Waals surface area contributed by atoms with Crippen molar-refractivity contribution in [1.82, 2.24) is 29.5 Å². The van der Waals surface area contributed by atoms with Crippen LogP contribution < -0.4 is 0 Å². The topological polar surface area (TPSA) is 109 Å². The molecule has 3 aromatic rings. The van der Waals surface area contributed by atoms with E-state index in [1.807, 2.05) is 36.4 Å². The fraction of sp³-hybridized carbons (Fsp3) is 0.385. The Morgan fingerprint density at radius 3 is 1.50 bits per heavy atom. The number of rotatable bonds is 4. The number of nitriles is 2. The van der Waals surface area contributed by atoms with Crippen LogP contribution in [0.25, 0.3) is 23.3 Å². The Balaban J connectivity index is 1.40. The molecule has 0 atom stereocenters. The number of hydrogen-bond acceptors (Lipinski definition) is 6. The zero-order valence-electron chi connectivity index (χ0n) is 19.1. The molecule has 0 spiro atoms. The van der Waals surface area contributed by atoms with E-state index in [2.05, 4.69) is 41.7 Å². The van der Waals surface area contributed by atoms with Gasteiger partial charge in [-0.15, -0.1) is 20.4 Å². The van der Waals surface area contributed by atoms with E-state index in [9.17, 15) is 10.5 Å². The van der Waals surface area contributed by atoms with E-state index in [0.29, 0.717) is 22.8 Å². The van der Waals surface area contributed by atoms with Crippen molar-refractivity contribution in [3.8, 4) is 12.1 Å². The highest BCUT2D eigenvalue weighted by Gasteiger charge is 2.19. The highest BCUT2D eigenvalue weighted by atomic mass is 15.3. The summed E-state index contributed by atoms with van der Waals surface area (Å²) < 4.78 is 4.17. The van der Waals surface area contributed by atoms with Gasteiger partial charge < -0.3 is 9.13 Å². The van der Waals surface area contributed by atoms with Gasteiger partial charge in [0.2, 0.25) is 0 Å². The first-order chi connectivity index (χ1) is 16.8. The van der Waals surface area contributed by atoms with E-state index in [0.717, 1.165) is 74.4 Å². The van der Waals surface area contributed by atoms with Gasteiger partial charge in [0.05, 0.1) is 11.1 Å². The molecular weight excluding hydrogens is 424 g/mol. The molecule has 170 valence electrons. The van der Waals surface area contributed by atoms with Crippen LogP contribution in [-0.2, 0) is 25.9 Å². The maximum atomic E-state index is 9.80. The molecule has 0 N–H and O–H groups in total. The van der Waals surface area contributed by atoms with E-state index >= 15 is 0 Å². The predicted octanol–water partition coefficient (Wildman–Crippen LogP) is 4.45. The van der Waals surface area contributed by atoms with Crippen LogP contribution in [0.15, 0.2) is 24.3 Å². The molecule has 2 aromatic heterocycles. The number of fused-ring (bicyclic) bond motifs is 2. The minimum absolute atomic E-state index is 0.507. The standard InChI is InChI=1S/C26H26N8/c27-17-21(25-31-29-23-7-3-1-5-13-33(23)25)15-19-9-11-20(12-10-19)16-22(18-28)26-32-30-24-8-4-2-6-14-34(24)26/h9-12,15-16H,1-8,13-14H2. The lowest BCUT2D eigenvalue weighted by Crippen LogP contribution is -2.05. The molecule has 8 heteroatoms. The van der Waals surface area contributed by atoms with Crippen molar-refractivity contribution >= 4 is 23.3 Å². The first-order valence-corrected chi connectivity index (χ1v) is 12.0. The molecular formula is C26H26N8. The molecule has 0 fully saturated rings. The van der Waals surface area contributed by atoms with E-state index in [-0.39, 0.29) is 0 Å². The average molecular weight is 451 g/mol. The molecule has 0 bridgehead atoms. The number of hydrogen-bond donors (Lipinski definition) is 0. The van der Waals surface area contributed by atoms with Gasteiger partial charge in [-0.2, -0.15) is 10.5 Å². The normalized spacial score (nSPS) is 16.5. The summed E-state index contributed by atoms with van der Waals surface area (Å²) in [5, 5.41) is 36.8. The van der Waals surface area contributed by atoms with E-state index in [4.69, 9.17) is 0 Å². The van der Waals surface area contributed by atoms with Gasteiger partial charge in [0.15, 0.2) is 11.6 Å². The number of aromatic nitrogens is 6. The number of aryl methyl sites for hydroxylation is 2. The van der Waals surface area contributed by atoms with Crippen LogP contribution in [0.1, 0.15) is 72.9 Å². The van der Waals surface area contributed by atoms with E-state index < -0.39 is 0 Å². The molecule has 5 rings (SSSR count). The Hall–Kier alpha value is -4.04. The molecule has 0 radical (unpaired) electrons. The molecule has 34 heavy (non-hydrogen) atoms. The van der Waals surface area contributed by atoms with Gasteiger partial charge in [-0.05, 0) is 49.0 Å². The van der Waals surface area contributed by atoms with Crippen LogP contribution in [0.2, 0.25) is 0 Å². The number of benzene rings is 1. The summed E-state index contributed by atoms with van der Waals surface area (Å²) in [7, 11) is 0. The molecule has 2 aliphatic heterocycles. The first-order valence-electron chi connectivity index (χ1n) is 12.0. The minimum atomic E-state index is 0.507. The summed E-state index contributed by atoms with van der Waals surface area (Å²) in [4.78, 5) is 0. The Kier molecular flexibility index (Phi) is 6.31. The van der Waals surface area contributed by atoms with E-state index in [1.165, 1.54) is 12.8 Å². The van der Waals surface area contributed by atoms with Crippen LogP contribution in [-0.4, -0.2) is 29.5 Å². The fourth-order valence-corrected chi connectivity index (χ4v) is 4.68. The average Bonchev–Trinajstić information content (AvgIpc) is 3.26. The Bertz CT molecular complexity index is 1220. The second-order valence-corrected chi connectivity index (χ2v) is 8.81. The predicted molar refractivity (Wildman–Crippen MR) is 129 cm³/mol. The summed E-state index contributed by atoms with van der Waals surface area (Å²) in [5.41, 5.74) is 2.81. The monoisotopic (exact) mass is 450 g/mol. The lowest BCUT2D eigenvalue weighted by atomic mass is 10.1. The van der Waals surface area contributed by atoms with Gasteiger partial charge in [0, 0.05) is 25.9 Å². The third kappa shape index (κ3) is 4.40. The maximum absolute atomic E-state index is 9.80. The third-order valence-electron chi connectivity index (χ3n) is 6.50. The fourth-order valence-electron chi connectivity index (χ4n) is 4.68. The maximum Gasteiger partial charge on any atom is 0.174 e. The summed E-state index contributed by atoms with van der Waals surface area (Å²) in [6.45, 7) is 1.70. The summed E-state index contributed by atoms with van der Waals surface area (Å²) in [6.07, 6.45) is 12.2. The summed E-state index contributed by atoms with van der Waals surface area (Å²) >= 11 is 0.